The zero-order valence-corrected chi connectivity index (χ0v) is 10.5. The van der Waals surface area contributed by atoms with Gasteiger partial charge in [-0.3, -0.25) is 4.99 Å². The van der Waals surface area contributed by atoms with Crippen LogP contribution in [0.2, 0.25) is 0 Å². The van der Waals surface area contributed by atoms with Gasteiger partial charge in [0.2, 0.25) is 0 Å². The zero-order valence-electron chi connectivity index (χ0n) is 10.5. The van der Waals surface area contributed by atoms with Crippen molar-refractivity contribution < 1.29 is 9.90 Å². The van der Waals surface area contributed by atoms with Gasteiger partial charge in [0.05, 0.1) is 11.9 Å². The van der Waals surface area contributed by atoms with E-state index in [9.17, 15) is 4.79 Å². The molecule has 1 aliphatic rings. The molecule has 0 radical (unpaired) electrons. The molecular formula is C13H17N3O2. The fraction of sp³-hybridized carbons (Fsp3) is 0.385. The molecule has 1 atom stereocenters. The van der Waals surface area contributed by atoms with Crippen LogP contribution in [0.1, 0.15) is 12.5 Å². The molecule has 96 valence electrons. The number of hydrogen-bond donors (Lipinski definition) is 3. The van der Waals surface area contributed by atoms with Crippen molar-refractivity contribution >= 4 is 11.7 Å². The van der Waals surface area contributed by atoms with Gasteiger partial charge in [-0.1, -0.05) is 6.07 Å². The van der Waals surface area contributed by atoms with Crippen LogP contribution in [0.25, 0.3) is 5.57 Å². The molecule has 2 rings (SSSR count). The second-order valence-electron chi connectivity index (χ2n) is 4.36. The lowest BCUT2D eigenvalue weighted by Gasteiger charge is -2.10. The molecular weight excluding hydrogens is 230 g/mol. The van der Waals surface area contributed by atoms with E-state index in [-0.39, 0.29) is 6.04 Å². The molecule has 0 spiro atoms. The molecule has 0 fully saturated rings. The Hall–Kier alpha value is -1.88. The molecule has 1 aromatic rings. The summed E-state index contributed by atoms with van der Waals surface area (Å²) < 4.78 is 0. The summed E-state index contributed by atoms with van der Waals surface area (Å²) in [5, 5.41) is 16.3. The largest absolute Gasteiger partial charge is 0.465 e. The average molecular weight is 247 g/mol. The normalized spacial score (nSPS) is 14.9. The topological polar surface area (TPSA) is 73.7 Å². The smallest absolute Gasteiger partial charge is 0.404 e. The van der Waals surface area contributed by atoms with E-state index in [0.29, 0.717) is 13.1 Å². The van der Waals surface area contributed by atoms with E-state index >= 15 is 0 Å². The van der Waals surface area contributed by atoms with E-state index in [1.165, 1.54) is 5.57 Å². The zero-order chi connectivity index (χ0) is 13.1. The molecule has 1 unspecified atom stereocenters. The number of carbonyl (C=O) groups is 1. The van der Waals surface area contributed by atoms with Crippen LogP contribution >= 0.6 is 0 Å². The first-order valence-corrected chi connectivity index (χ1v) is 5.92. The van der Waals surface area contributed by atoms with Crippen molar-refractivity contribution in [3.05, 3.63) is 34.3 Å². The van der Waals surface area contributed by atoms with Gasteiger partial charge in [0.15, 0.2) is 0 Å². The summed E-state index contributed by atoms with van der Waals surface area (Å²) in [6.07, 6.45) is -1.01. The first-order chi connectivity index (χ1) is 8.61. The second-order valence-corrected chi connectivity index (χ2v) is 4.36. The summed E-state index contributed by atoms with van der Waals surface area (Å²) in [7, 11) is 1.92. The molecule has 0 saturated carbocycles. The van der Waals surface area contributed by atoms with Crippen LogP contribution in [0.4, 0.5) is 4.79 Å². The SMILES string of the molecule is CNC(C)C1=c2cc(CNC(=O)O)ccc2=NC1. The molecule has 3 N–H and O–H groups in total. The highest BCUT2D eigenvalue weighted by atomic mass is 16.4. The van der Waals surface area contributed by atoms with Crippen LogP contribution in [0.5, 0.6) is 0 Å². The first-order valence-electron chi connectivity index (χ1n) is 5.92. The summed E-state index contributed by atoms with van der Waals surface area (Å²) in [5.74, 6) is 0. The lowest BCUT2D eigenvalue weighted by Crippen LogP contribution is -2.32. The first kappa shape index (κ1) is 12.6. The summed E-state index contributed by atoms with van der Waals surface area (Å²) in [6.45, 7) is 3.14. The quantitative estimate of drug-likeness (QED) is 0.692. The molecule has 18 heavy (non-hydrogen) atoms. The van der Waals surface area contributed by atoms with Crippen molar-refractivity contribution in [3.63, 3.8) is 0 Å². The Morgan fingerprint density at radius 2 is 2.33 bits per heavy atom. The third-order valence-corrected chi connectivity index (χ3v) is 3.23. The maximum absolute atomic E-state index is 10.5. The Morgan fingerprint density at radius 1 is 1.56 bits per heavy atom. The second kappa shape index (κ2) is 5.18. The van der Waals surface area contributed by atoms with E-state index in [4.69, 9.17) is 5.11 Å². The Morgan fingerprint density at radius 3 is 3.00 bits per heavy atom. The Kier molecular flexibility index (Phi) is 3.62. The van der Waals surface area contributed by atoms with Gasteiger partial charge >= 0.3 is 6.09 Å². The van der Waals surface area contributed by atoms with Crippen molar-refractivity contribution in [1.82, 2.24) is 10.6 Å². The average Bonchev–Trinajstić information content (AvgIpc) is 2.78. The van der Waals surface area contributed by atoms with E-state index < -0.39 is 6.09 Å². The van der Waals surface area contributed by atoms with Crippen LogP contribution in [0.3, 0.4) is 0 Å². The van der Waals surface area contributed by atoms with Gasteiger partial charge in [-0.25, -0.2) is 4.79 Å². The van der Waals surface area contributed by atoms with Crippen LogP contribution in [0.15, 0.2) is 23.2 Å². The number of nitrogens with zero attached hydrogens (tertiary/aromatic N) is 1. The van der Waals surface area contributed by atoms with E-state index in [0.717, 1.165) is 16.1 Å². The third kappa shape index (κ3) is 2.51. The van der Waals surface area contributed by atoms with Crippen molar-refractivity contribution in [2.45, 2.75) is 19.5 Å². The van der Waals surface area contributed by atoms with Gasteiger partial charge in [0, 0.05) is 17.8 Å². The molecule has 0 aliphatic carbocycles. The summed E-state index contributed by atoms with van der Waals surface area (Å²) in [4.78, 5) is 15.0. The van der Waals surface area contributed by atoms with Crippen molar-refractivity contribution in [2.75, 3.05) is 13.6 Å². The Bertz CT molecular complexity index is 580. The molecule has 5 heteroatoms. The van der Waals surface area contributed by atoms with Crippen molar-refractivity contribution in [1.29, 1.82) is 0 Å². The molecule has 0 aromatic heterocycles. The number of nitrogens with one attached hydrogen (secondary N) is 2. The third-order valence-electron chi connectivity index (χ3n) is 3.23. The predicted octanol–water partition coefficient (Wildman–Crippen LogP) is -0.154. The van der Waals surface area contributed by atoms with E-state index in [1.807, 2.05) is 25.2 Å². The number of fused-ring (bicyclic) bond motifs is 1. The van der Waals surface area contributed by atoms with Crippen molar-refractivity contribution in [3.8, 4) is 0 Å². The van der Waals surface area contributed by atoms with Crippen LogP contribution in [-0.2, 0) is 6.54 Å². The van der Waals surface area contributed by atoms with Gasteiger partial charge in [-0.15, -0.1) is 0 Å². The monoisotopic (exact) mass is 247 g/mol. The Labute approximate surface area is 105 Å². The van der Waals surface area contributed by atoms with Crippen LogP contribution < -0.4 is 21.2 Å². The summed E-state index contributed by atoms with van der Waals surface area (Å²) >= 11 is 0. The molecule has 1 aromatic carbocycles. The van der Waals surface area contributed by atoms with Gasteiger partial charge in [-0.2, -0.15) is 0 Å². The number of hydrogen-bond acceptors (Lipinski definition) is 3. The van der Waals surface area contributed by atoms with Gasteiger partial charge in [0.1, 0.15) is 0 Å². The van der Waals surface area contributed by atoms with E-state index in [1.54, 1.807) is 0 Å². The minimum atomic E-state index is -1.01. The summed E-state index contributed by atoms with van der Waals surface area (Å²) in [6, 6.07) is 6.15. The molecule has 1 aliphatic heterocycles. The molecule has 0 saturated heterocycles. The predicted molar refractivity (Wildman–Crippen MR) is 68.9 cm³/mol. The fourth-order valence-corrected chi connectivity index (χ4v) is 2.07. The summed E-state index contributed by atoms with van der Waals surface area (Å²) in [5.41, 5.74) is 2.21. The van der Waals surface area contributed by atoms with E-state index in [2.05, 4.69) is 22.5 Å². The van der Waals surface area contributed by atoms with Crippen molar-refractivity contribution in [2.24, 2.45) is 4.99 Å². The van der Waals surface area contributed by atoms with Crippen LogP contribution in [0, 0.1) is 0 Å². The standard InChI is InChI=1S/C13H17N3O2/c1-8(14-2)11-7-15-12-4-3-9(5-10(11)12)6-16-13(17)18/h3-5,8,14,16H,6-7H2,1-2H3,(H,17,18). The maximum Gasteiger partial charge on any atom is 0.404 e. The fourth-order valence-electron chi connectivity index (χ4n) is 2.07. The molecule has 0 bridgehead atoms. The lowest BCUT2D eigenvalue weighted by molar-refractivity contribution is 0.194. The van der Waals surface area contributed by atoms with Gasteiger partial charge < -0.3 is 15.7 Å². The minimum Gasteiger partial charge on any atom is -0.465 e. The van der Waals surface area contributed by atoms with Crippen LogP contribution in [-0.4, -0.2) is 30.8 Å². The minimum absolute atomic E-state index is 0.276. The highest BCUT2D eigenvalue weighted by molar-refractivity contribution is 5.64. The molecule has 1 heterocycles. The maximum atomic E-state index is 10.5. The van der Waals surface area contributed by atoms with Gasteiger partial charge in [0.25, 0.3) is 0 Å². The number of rotatable bonds is 4. The highest BCUT2D eigenvalue weighted by Crippen LogP contribution is 2.04. The Balaban J connectivity index is 2.36. The molecule has 1 amide bonds. The number of amides is 1. The number of benzene rings is 1. The molecule has 5 nitrogen and oxygen atoms in total. The lowest BCUT2D eigenvalue weighted by atomic mass is 10.1. The number of carboxylic acid groups (broad SMARTS) is 1. The van der Waals surface area contributed by atoms with Gasteiger partial charge in [-0.05, 0) is 37.2 Å². The highest BCUT2D eigenvalue weighted by Gasteiger charge is 2.12.